The van der Waals surface area contributed by atoms with Gasteiger partial charge in [0.1, 0.15) is 13.2 Å². The van der Waals surface area contributed by atoms with Crippen LogP contribution in [0.15, 0.2) is 97.2 Å². The van der Waals surface area contributed by atoms with Crippen molar-refractivity contribution in [2.45, 2.75) is 232 Å². The van der Waals surface area contributed by atoms with Crippen LogP contribution in [0.3, 0.4) is 0 Å². The number of carbonyl (C=O) groups excluding carboxylic acids is 3. The van der Waals surface area contributed by atoms with E-state index in [0.717, 1.165) is 109 Å². The third-order valence-electron chi connectivity index (χ3n) is 10.6. The Labute approximate surface area is 387 Å². The fourth-order valence-electron chi connectivity index (χ4n) is 6.80. The van der Waals surface area contributed by atoms with Crippen molar-refractivity contribution in [1.82, 2.24) is 0 Å². The molecule has 0 heterocycles. The van der Waals surface area contributed by atoms with Crippen molar-refractivity contribution in [3.8, 4) is 0 Å². The summed E-state index contributed by atoms with van der Waals surface area (Å²) in [6.45, 7) is 6.33. The van der Waals surface area contributed by atoms with Crippen molar-refractivity contribution >= 4 is 17.9 Å². The average Bonchev–Trinajstić information content (AvgIpc) is 3.28. The van der Waals surface area contributed by atoms with Crippen LogP contribution in [0.5, 0.6) is 0 Å². The molecule has 0 aliphatic carbocycles. The highest BCUT2D eigenvalue weighted by atomic mass is 16.6. The molecule has 0 aromatic rings. The van der Waals surface area contributed by atoms with Gasteiger partial charge in [0.05, 0.1) is 0 Å². The quantitative estimate of drug-likeness (QED) is 0.0262. The van der Waals surface area contributed by atoms with E-state index >= 15 is 0 Å². The summed E-state index contributed by atoms with van der Waals surface area (Å²) in [5, 5.41) is 0. The number of hydrogen-bond acceptors (Lipinski definition) is 6. The second kappa shape index (κ2) is 51.0. The Kier molecular flexibility index (Phi) is 48.0. The van der Waals surface area contributed by atoms with E-state index in [-0.39, 0.29) is 37.5 Å². The van der Waals surface area contributed by atoms with Crippen LogP contribution in [0.25, 0.3) is 0 Å². The summed E-state index contributed by atoms with van der Waals surface area (Å²) in [6, 6.07) is 0. The number of rotatable bonds is 45. The van der Waals surface area contributed by atoms with Crippen molar-refractivity contribution in [1.29, 1.82) is 0 Å². The van der Waals surface area contributed by atoms with E-state index in [0.29, 0.717) is 19.3 Å². The number of hydrogen-bond donors (Lipinski definition) is 0. The number of unbranched alkanes of at least 4 members (excludes halogenated alkanes) is 18. The molecule has 358 valence electrons. The van der Waals surface area contributed by atoms with Gasteiger partial charge in [0.25, 0.3) is 0 Å². The van der Waals surface area contributed by atoms with E-state index in [1.807, 2.05) is 6.08 Å². The van der Waals surface area contributed by atoms with Gasteiger partial charge in [-0.15, -0.1) is 0 Å². The fraction of sp³-hybridized carbons (Fsp3) is 0.667. The number of allylic oxidation sites excluding steroid dienone is 16. The summed E-state index contributed by atoms with van der Waals surface area (Å²) in [7, 11) is 0. The van der Waals surface area contributed by atoms with Gasteiger partial charge in [-0.1, -0.05) is 221 Å². The summed E-state index contributed by atoms with van der Waals surface area (Å²) in [5.41, 5.74) is 0. The highest BCUT2D eigenvalue weighted by molar-refractivity contribution is 5.71. The van der Waals surface area contributed by atoms with Crippen LogP contribution in [0.2, 0.25) is 0 Å². The minimum absolute atomic E-state index is 0.108. The van der Waals surface area contributed by atoms with Crippen molar-refractivity contribution < 1.29 is 28.6 Å². The molecular weight excluding hydrogens is 781 g/mol. The second-order valence-corrected chi connectivity index (χ2v) is 16.7. The van der Waals surface area contributed by atoms with Gasteiger partial charge in [0, 0.05) is 19.3 Å². The molecule has 63 heavy (non-hydrogen) atoms. The zero-order valence-corrected chi connectivity index (χ0v) is 40.8. The lowest BCUT2D eigenvalue weighted by Crippen LogP contribution is -2.30. The van der Waals surface area contributed by atoms with Gasteiger partial charge in [-0.05, 0) is 83.5 Å². The van der Waals surface area contributed by atoms with E-state index < -0.39 is 6.10 Å². The Bertz CT molecular complexity index is 1280. The Hall–Kier alpha value is -3.67. The van der Waals surface area contributed by atoms with Crippen LogP contribution in [0, 0.1) is 0 Å². The molecule has 0 radical (unpaired) electrons. The molecule has 0 rings (SSSR count). The zero-order valence-electron chi connectivity index (χ0n) is 40.8. The predicted molar refractivity (Wildman–Crippen MR) is 270 cm³/mol. The lowest BCUT2D eigenvalue weighted by Gasteiger charge is -2.18. The molecule has 0 bridgehead atoms. The van der Waals surface area contributed by atoms with E-state index in [9.17, 15) is 14.4 Å². The molecule has 6 nitrogen and oxygen atoms in total. The van der Waals surface area contributed by atoms with E-state index in [4.69, 9.17) is 14.2 Å². The van der Waals surface area contributed by atoms with Crippen LogP contribution in [-0.4, -0.2) is 37.2 Å². The number of ether oxygens (including phenoxy) is 3. The van der Waals surface area contributed by atoms with Crippen molar-refractivity contribution in [2.75, 3.05) is 13.2 Å². The molecule has 0 saturated heterocycles. The smallest absolute Gasteiger partial charge is 0.306 e. The van der Waals surface area contributed by atoms with Crippen molar-refractivity contribution in [3.63, 3.8) is 0 Å². The summed E-state index contributed by atoms with van der Waals surface area (Å²) in [4.78, 5) is 37.9. The van der Waals surface area contributed by atoms with Crippen LogP contribution < -0.4 is 0 Å². The molecule has 0 aromatic heterocycles. The molecular formula is C57H94O6. The maximum Gasteiger partial charge on any atom is 0.306 e. The summed E-state index contributed by atoms with van der Waals surface area (Å²) in [5.74, 6) is -1.01. The van der Waals surface area contributed by atoms with Gasteiger partial charge in [-0.3, -0.25) is 14.4 Å². The molecule has 0 N–H and O–H groups in total. The molecule has 1 unspecified atom stereocenters. The lowest BCUT2D eigenvalue weighted by atomic mass is 10.0. The maximum absolute atomic E-state index is 12.8. The molecule has 0 amide bonds. The SMILES string of the molecule is CC/C=C\C/C=C\C/C=C\C/C=C\C/C=C\C/C=C\CCC(=O)OCC(COC(=O)CCCCCCC/C=C\C/C=C\CC)OC(=O)CCCCCCCCCCCCCCCC. The first-order valence-electron chi connectivity index (χ1n) is 25.7. The van der Waals surface area contributed by atoms with Gasteiger partial charge in [-0.25, -0.2) is 0 Å². The van der Waals surface area contributed by atoms with Crippen LogP contribution >= 0.6 is 0 Å². The van der Waals surface area contributed by atoms with E-state index in [1.165, 1.54) is 70.6 Å². The molecule has 0 saturated carbocycles. The van der Waals surface area contributed by atoms with Gasteiger partial charge in [-0.2, -0.15) is 0 Å². The molecule has 0 aliphatic rings. The highest BCUT2D eigenvalue weighted by Crippen LogP contribution is 2.15. The highest BCUT2D eigenvalue weighted by Gasteiger charge is 2.19. The second-order valence-electron chi connectivity index (χ2n) is 16.7. The first-order valence-corrected chi connectivity index (χ1v) is 25.7. The van der Waals surface area contributed by atoms with Gasteiger partial charge in [0.15, 0.2) is 6.10 Å². The summed E-state index contributed by atoms with van der Waals surface area (Å²) >= 11 is 0. The largest absolute Gasteiger partial charge is 0.462 e. The van der Waals surface area contributed by atoms with Crippen molar-refractivity contribution in [2.24, 2.45) is 0 Å². The van der Waals surface area contributed by atoms with E-state index in [2.05, 4.69) is 112 Å². The third-order valence-corrected chi connectivity index (χ3v) is 10.6. The fourth-order valence-corrected chi connectivity index (χ4v) is 6.80. The normalized spacial score (nSPS) is 12.9. The third kappa shape index (κ3) is 49.2. The van der Waals surface area contributed by atoms with Crippen LogP contribution in [-0.2, 0) is 28.6 Å². The molecule has 1 atom stereocenters. The molecule has 6 heteroatoms. The molecule has 0 fully saturated rings. The predicted octanol–water partition coefficient (Wildman–Crippen LogP) is 17.0. The Morgan fingerprint density at radius 2 is 0.651 bits per heavy atom. The van der Waals surface area contributed by atoms with Gasteiger partial charge >= 0.3 is 17.9 Å². The minimum atomic E-state index is -0.812. The Balaban J connectivity index is 4.50. The van der Waals surface area contributed by atoms with Crippen LogP contribution in [0.4, 0.5) is 0 Å². The van der Waals surface area contributed by atoms with Gasteiger partial charge < -0.3 is 14.2 Å². The van der Waals surface area contributed by atoms with Crippen molar-refractivity contribution in [3.05, 3.63) is 97.2 Å². The standard InChI is InChI=1S/C57H94O6/c1-4-7-10-13-16-19-22-25-27-28-29-30-31-33-35-38-41-44-47-50-56(59)62-53-54(52-61-55(58)49-46-43-40-37-34-24-21-18-15-12-9-6-3)63-57(60)51-48-45-42-39-36-32-26-23-20-17-14-11-8-5-2/h7,9-10,12,16,18-19,21,25,27,29-30,33,35,41,44,54H,4-6,8,11,13-15,17,20,22-24,26,28,31-32,34,36-40,42-43,45-53H2,1-3H3/b10-7-,12-9-,19-16-,21-18-,27-25-,30-29-,35-33-,44-41-. The number of esters is 3. The maximum atomic E-state index is 12.8. The monoisotopic (exact) mass is 875 g/mol. The Morgan fingerprint density at radius 1 is 0.333 bits per heavy atom. The Morgan fingerprint density at radius 3 is 1.06 bits per heavy atom. The molecule has 0 aliphatic heterocycles. The zero-order chi connectivity index (χ0) is 45.8. The molecule has 0 aromatic carbocycles. The topological polar surface area (TPSA) is 78.9 Å². The first-order chi connectivity index (χ1) is 31.0. The molecule has 0 spiro atoms. The number of carbonyl (C=O) groups is 3. The van der Waals surface area contributed by atoms with Crippen LogP contribution in [0.1, 0.15) is 226 Å². The summed E-state index contributed by atoms with van der Waals surface area (Å²) in [6.07, 6.45) is 66.9. The summed E-state index contributed by atoms with van der Waals surface area (Å²) < 4.78 is 16.7. The average molecular weight is 875 g/mol. The van der Waals surface area contributed by atoms with E-state index in [1.54, 1.807) is 0 Å². The lowest BCUT2D eigenvalue weighted by molar-refractivity contribution is -0.166. The minimum Gasteiger partial charge on any atom is -0.462 e. The first kappa shape index (κ1) is 59.3. The van der Waals surface area contributed by atoms with Gasteiger partial charge in [0.2, 0.25) is 0 Å².